The molecule has 15 heteroatoms. The van der Waals surface area contributed by atoms with Crippen LogP contribution in [-0.2, 0) is 56.0 Å². The van der Waals surface area contributed by atoms with E-state index in [1.165, 1.54) is 37.7 Å². The molecule has 1 aliphatic rings. The number of benzene rings is 2. The fourth-order valence-electron chi connectivity index (χ4n) is 7.20. The molecule has 1 saturated heterocycles. The Labute approximate surface area is 375 Å². The molecule has 0 aliphatic carbocycles. The van der Waals surface area contributed by atoms with Crippen molar-refractivity contribution in [3.05, 3.63) is 71.8 Å². The molecule has 0 bridgehead atoms. The van der Waals surface area contributed by atoms with E-state index in [0.717, 1.165) is 69.8 Å². The second kappa shape index (κ2) is 30.6. The van der Waals surface area contributed by atoms with Gasteiger partial charge in [-0.05, 0) is 49.7 Å². The molecule has 0 aromatic heterocycles. The third-order valence-electron chi connectivity index (χ3n) is 10.4. The molecule has 2 unspecified atom stereocenters. The number of aliphatic hydroxyl groups excluding tert-OH is 2. The van der Waals surface area contributed by atoms with Gasteiger partial charge in [0.2, 0.25) is 0 Å². The molecular formula is C44H68NNaO12S. The molecule has 59 heavy (non-hydrogen) atoms. The third-order valence-corrected chi connectivity index (χ3v) is 10.9. The maximum atomic E-state index is 13.9. The number of carbonyl (C=O) groups excluding carboxylic acids is 3. The van der Waals surface area contributed by atoms with Crippen LogP contribution in [0.15, 0.2) is 60.7 Å². The number of nitrogens with one attached hydrogen (secondary N) is 1. The standard InChI is InChI=1S/C44H67NO12S.Na.H/c1-2-3-4-5-6-7-8-9-13-22-29-36(54-39(48)32-31-35-27-20-16-21-28-35)43(49)45-40-42(41(57-58(51,52)53)37(33-46)55-44(40)50)56-38(47)30-23-14-11-10-12-17-24-34-25-18-15-19-26-34;;/h15-16,18-21,25-28,36-37,40-42,44,46,50H,2-14,17,22-24,29-33H2,1H3,(H,45,49)(H,51,52,53);;/q;+1;-1/t36?,37-,40-,41-,42-,44?;;/m1../s1. The number of unbranched alkanes of at least 4 members (excludes halogenated alkanes) is 14. The molecule has 2 aromatic carbocycles. The van der Waals surface area contributed by atoms with E-state index in [-0.39, 0.29) is 50.2 Å². The zero-order valence-corrected chi connectivity index (χ0v) is 38.0. The first-order chi connectivity index (χ1) is 28.0. The predicted octanol–water partition coefficient (Wildman–Crippen LogP) is 4.23. The molecule has 1 amide bonds. The number of aryl methyl sites for hydroxylation is 2. The van der Waals surface area contributed by atoms with E-state index in [1.807, 2.05) is 48.5 Å². The van der Waals surface area contributed by atoms with Crippen molar-refractivity contribution in [1.29, 1.82) is 0 Å². The largest absolute Gasteiger partial charge is 1.00 e. The van der Waals surface area contributed by atoms with Crippen LogP contribution in [0.25, 0.3) is 0 Å². The molecule has 4 N–H and O–H groups in total. The minimum atomic E-state index is -5.19. The summed E-state index contributed by atoms with van der Waals surface area (Å²) in [5, 5.41) is 23.6. The van der Waals surface area contributed by atoms with Crippen molar-refractivity contribution in [2.24, 2.45) is 0 Å². The minimum absolute atomic E-state index is 0. The number of carbonyl (C=O) groups is 3. The topological polar surface area (TPSA) is 195 Å². The third kappa shape index (κ3) is 22.3. The summed E-state index contributed by atoms with van der Waals surface area (Å²) in [5.74, 6) is -2.20. The maximum Gasteiger partial charge on any atom is 1.00 e. The molecule has 1 fully saturated rings. The molecule has 0 saturated carbocycles. The summed E-state index contributed by atoms with van der Waals surface area (Å²) in [4.78, 5) is 40.1. The maximum absolute atomic E-state index is 13.9. The summed E-state index contributed by atoms with van der Waals surface area (Å²) < 4.78 is 55.0. The van der Waals surface area contributed by atoms with Gasteiger partial charge in [-0.2, -0.15) is 8.42 Å². The van der Waals surface area contributed by atoms with Crippen molar-refractivity contribution < 1.29 is 86.9 Å². The molecule has 328 valence electrons. The van der Waals surface area contributed by atoms with Crippen molar-refractivity contribution >= 4 is 28.2 Å². The van der Waals surface area contributed by atoms with Crippen LogP contribution < -0.4 is 34.9 Å². The molecular weight excluding hydrogens is 790 g/mol. The minimum Gasteiger partial charge on any atom is -1.00 e. The second-order valence-electron chi connectivity index (χ2n) is 15.3. The fourth-order valence-corrected chi connectivity index (χ4v) is 7.72. The Morgan fingerprint density at radius 2 is 1.25 bits per heavy atom. The van der Waals surface area contributed by atoms with E-state index in [1.54, 1.807) is 0 Å². The van der Waals surface area contributed by atoms with Crippen LogP contribution in [0.2, 0.25) is 0 Å². The van der Waals surface area contributed by atoms with Crippen LogP contribution in [0, 0.1) is 0 Å². The summed E-state index contributed by atoms with van der Waals surface area (Å²) in [5.41, 5.74) is 2.21. The van der Waals surface area contributed by atoms with Gasteiger partial charge >= 0.3 is 51.9 Å². The Morgan fingerprint density at radius 3 is 1.81 bits per heavy atom. The summed E-state index contributed by atoms with van der Waals surface area (Å²) in [6.45, 7) is 1.31. The molecule has 1 heterocycles. The number of amides is 1. The summed E-state index contributed by atoms with van der Waals surface area (Å²) in [6, 6.07) is 18.0. The summed E-state index contributed by atoms with van der Waals surface area (Å²) in [7, 11) is -5.19. The van der Waals surface area contributed by atoms with E-state index in [4.69, 9.17) is 18.4 Å². The van der Waals surface area contributed by atoms with Crippen molar-refractivity contribution in [2.75, 3.05) is 6.61 Å². The smallest absolute Gasteiger partial charge is 1.00 e. The van der Waals surface area contributed by atoms with Crippen LogP contribution in [0.1, 0.15) is 141 Å². The normalized spacial score (nSPS) is 19.6. The van der Waals surface area contributed by atoms with Crippen molar-refractivity contribution in [3.63, 3.8) is 0 Å². The van der Waals surface area contributed by atoms with Gasteiger partial charge in [0.1, 0.15) is 18.2 Å². The Morgan fingerprint density at radius 1 is 0.729 bits per heavy atom. The van der Waals surface area contributed by atoms with E-state index < -0.39 is 71.6 Å². The van der Waals surface area contributed by atoms with E-state index in [9.17, 15) is 37.6 Å². The first-order valence-electron chi connectivity index (χ1n) is 21.4. The van der Waals surface area contributed by atoms with Crippen LogP contribution in [0.4, 0.5) is 0 Å². The van der Waals surface area contributed by atoms with Crippen LogP contribution in [0.5, 0.6) is 0 Å². The number of aliphatic hydroxyl groups is 2. The van der Waals surface area contributed by atoms with Gasteiger partial charge in [0.25, 0.3) is 5.91 Å². The van der Waals surface area contributed by atoms with Gasteiger partial charge in [-0.15, -0.1) is 0 Å². The average Bonchev–Trinajstić information content (AvgIpc) is 3.20. The van der Waals surface area contributed by atoms with E-state index >= 15 is 0 Å². The van der Waals surface area contributed by atoms with Crippen molar-refractivity contribution in [3.8, 4) is 0 Å². The van der Waals surface area contributed by atoms with E-state index in [0.29, 0.717) is 19.3 Å². The van der Waals surface area contributed by atoms with Gasteiger partial charge in [0.15, 0.2) is 18.5 Å². The van der Waals surface area contributed by atoms with Crippen LogP contribution >= 0.6 is 0 Å². The summed E-state index contributed by atoms with van der Waals surface area (Å²) >= 11 is 0. The van der Waals surface area contributed by atoms with Crippen LogP contribution in [-0.4, -0.2) is 84.4 Å². The number of esters is 2. The number of hydrogen-bond donors (Lipinski definition) is 4. The predicted molar refractivity (Wildman–Crippen MR) is 221 cm³/mol. The Hall–Kier alpha value is -2.40. The SMILES string of the molecule is CCCCCCCCCCCCC(OC(=O)CCc1ccccc1)C(=O)N[C@H]1C(O)O[C@H](CO)[C@@H](OS(=O)(=O)O)[C@@H]1OC(=O)CCCCCCCCc1ccccc1.[H-].[Na+]. The number of hydrogen-bond acceptors (Lipinski definition) is 11. The Balaban J connectivity index is 0.00000900. The molecule has 13 nitrogen and oxygen atoms in total. The Bertz CT molecular complexity index is 1560. The molecule has 6 atom stereocenters. The molecule has 1 aliphatic heterocycles. The summed E-state index contributed by atoms with van der Waals surface area (Å²) in [6.07, 6.45) is 8.95. The van der Waals surface area contributed by atoms with Gasteiger partial charge in [0.05, 0.1) is 6.61 Å². The number of rotatable bonds is 30. The molecule has 3 rings (SSSR count). The monoisotopic (exact) mass is 857 g/mol. The van der Waals surface area contributed by atoms with Crippen molar-refractivity contribution in [1.82, 2.24) is 5.32 Å². The first-order valence-corrected chi connectivity index (χ1v) is 22.7. The zero-order valence-electron chi connectivity index (χ0n) is 36.2. The molecule has 0 spiro atoms. The molecule has 2 aromatic rings. The molecule has 0 radical (unpaired) electrons. The average molecular weight is 858 g/mol. The van der Waals surface area contributed by atoms with Gasteiger partial charge in [-0.1, -0.05) is 151 Å². The van der Waals surface area contributed by atoms with Gasteiger partial charge in [-0.3, -0.25) is 18.9 Å². The van der Waals surface area contributed by atoms with Gasteiger partial charge in [0, 0.05) is 12.8 Å². The van der Waals surface area contributed by atoms with Crippen molar-refractivity contribution in [2.45, 2.75) is 179 Å². The van der Waals surface area contributed by atoms with Gasteiger partial charge in [-0.25, -0.2) is 4.18 Å². The fraction of sp³-hybridized carbons (Fsp3) is 0.659. The second-order valence-corrected chi connectivity index (χ2v) is 16.3. The van der Waals surface area contributed by atoms with Crippen LogP contribution in [0.3, 0.4) is 0 Å². The number of ether oxygens (including phenoxy) is 3. The quantitative estimate of drug-likeness (QED) is 0.0379. The zero-order chi connectivity index (χ0) is 42.0. The van der Waals surface area contributed by atoms with Gasteiger partial charge < -0.3 is 31.2 Å². The van der Waals surface area contributed by atoms with E-state index in [2.05, 4.69) is 24.4 Å². The Kier molecular flexibility index (Phi) is 27.4. The first kappa shape index (κ1) is 52.7.